The number of non-ortho nitro benzene ring substituents is 1. The Morgan fingerprint density at radius 1 is 1.12 bits per heavy atom. The molecule has 0 aliphatic heterocycles. The van der Waals surface area contributed by atoms with Gasteiger partial charge < -0.3 is 5.32 Å². The van der Waals surface area contributed by atoms with Crippen LogP contribution in [-0.2, 0) is 21.1 Å². The quantitative estimate of drug-likeness (QED) is 0.627. The standard InChI is InChI=1S/C17H18N2O5S/c1-12(14-5-9-16(10-6-14)25(2,23)24)18-17(20)11-13-3-7-15(8-4-13)19(21)22/h3-10,12H,11H2,1-2H3,(H,18,20). The average Bonchev–Trinajstić information content (AvgIpc) is 2.54. The van der Waals surface area contributed by atoms with Crippen LogP contribution in [0.15, 0.2) is 53.4 Å². The molecule has 0 aromatic heterocycles. The minimum Gasteiger partial charge on any atom is -0.349 e. The third kappa shape index (κ3) is 5.12. The molecule has 1 unspecified atom stereocenters. The molecular formula is C17H18N2O5S. The zero-order chi connectivity index (χ0) is 18.6. The van der Waals surface area contributed by atoms with E-state index >= 15 is 0 Å². The van der Waals surface area contributed by atoms with Crippen LogP contribution < -0.4 is 5.32 Å². The van der Waals surface area contributed by atoms with E-state index in [9.17, 15) is 23.3 Å². The first kappa shape index (κ1) is 18.6. The van der Waals surface area contributed by atoms with E-state index in [4.69, 9.17) is 0 Å². The normalized spacial score (nSPS) is 12.4. The summed E-state index contributed by atoms with van der Waals surface area (Å²) in [5.41, 5.74) is 1.43. The molecule has 8 heteroatoms. The number of sulfone groups is 1. The largest absolute Gasteiger partial charge is 0.349 e. The summed E-state index contributed by atoms with van der Waals surface area (Å²) in [4.78, 5) is 22.4. The number of amides is 1. The lowest BCUT2D eigenvalue weighted by Gasteiger charge is -2.15. The monoisotopic (exact) mass is 362 g/mol. The van der Waals surface area contributed by atoms with Crippen molar-refractivity contribution in [3.05, 3.63) is 69.8 Å². The number of nitro groups is 1. The highest BCUT2D eigenvalue weighted by Gasteiger charge is 2.13. The molecule has 0 saturated heterocycles. The molecule has 25 heavy (non-hydrogen) atoms. The molecule has 1 atom stereocenters. The van der Waals surface area contributed by atoms with Crippen LogP contribution in [0.5, 0.6) is 0 Å². The minimum atomic E-state index is -3.25. The highest BCUT2D eigenvalue weighted by atomic mass is 32.2. The molecule has 0 saturated carbocycles. The molecule has 132 valence electrons. The van der Waals surface area contributed by atoms with E-state index in [1.165, 1.54) is 24.3 Å². The van der Waals surface area contributed by atoms with Gasteiger partial charge >= 0.3 is 0 Å². The molecule has 1 N–H and O–H groups in total. The van der Waals surface area contributed by atoms with Gasteiger partial charge in [-0.1, -0.05) is 24.3 Å². The molecule has 2 aromatic carbocycles. The molecule has 1 amide bonds. The smallest absolute Gasteiger partial charge is 0.269 e. The molecular weight excluding hydrogens is 344 g/mol. The van der Waals surface area contributed by atoms with E-state index in [1.807, 2.05) is 0 Å². The number of carbonyl (C=O) groups is 1. The summed E-state index contributed by atoms with van der Waals surface area (Å²) in [6, 6.07) is 11.8. The number of benzene rings is 2. The second kappa shape index (κ2) is 7.43. The Morgan fingerprint density at radius 2 is 1.68 bits per heavy atom. The maximum atomic E-state index is 12.1. The Hall–Kier alpha value is -2.74. The first-order valence-corrected chi connectivity index (χ1v) is 9.38. The Labute approximate surface area is 145 Å². The van der Waals surface area contributed by atoms with Gasteiger partial charge in [-0.3, -0.25) is 14.9 Å². The van der Waals surface area contributed by atoms with E-state index in [-0.39, 0.29) is 29.0 Å². The SMILES string of the molecule is CC(NC(=O)Cc1ccc([N+](=O)[O-])cc1)c1ccc(S(C)(=O)=O)cc1. The number of carbonyl (C=O) groups excluding carboxylic acids is 1. The van der Waals surface area contributed by atoms with Gasteiger partial charge in [0.1, 0.15) is 0 Å². The van der Waals surface area contributed by atoms with Gasteiger partial charge in [0.25, 0.3) is 5.69 Å². The van der Waals surface area contributed by atoms with E-state index in [1.54, 1.807) is 31.2 Å². The van der Waals surface area contributed by atoms with Gasteiger partial charge in [0, 0.05) is 18.4 Å². The van der Waals surface area contributed by atoms with E-state index in [0.29, 0.717) is 5.56 Å². The van der Waals surface area contributed by atoms with Crippen LogP contribution in [0.1, 0.15) is 24.1 Å². The fourth-order valence-corrected chi connectivity index (χ4v) is 2.93. The summed E-state index contributed by atoms with van der Waals surface area (Å²) >= 11 is 0. The topological polar surface area (TPSA) is 106 Å². The fourth-order valence-electron chi connectivity index (χ4n) is 2.30. The molecule has 0 fully saturated rings. The number of nitrogens with one attached hydrogen (secondary N) is 1. The molecule has 2 aromatic rings. The molecule has 0 spiro atoms. The predicted molar refractivity (Wildman–Crippen MR) is 92.9 cm³/mol. The maximum absolute atomic E-state index is 12.1. The lowest BCUT2D eigenvalue weighted by Crippen LogP contribution is -2.28. The highest BCUT2D eigenvalue weighted by molar-refractivity contribution is 7.90. The van der Waals surface area contributed by atoms with Crippen LogP contribution in [0.4, 0.5) is 5.69 Å². The third-order valence-electron chi connectivity index (χ3n) is 3.70. The summed E-state index contributed by atoms with van der Waals surface area (Å²) in [5.74, 6) is -0.228. The van der Waals surface area contributed by atoms with Crippen molar-refractivity contribution < 1.29 is 18.1 Å². The van der Waals surface area contributed by atoms with Crippen LogP contribution in [0.25, 0.3) is 0 Å². The fraction of sp³-hybridized carbons (Fsp3) is 0.235. The predicted octanol–water partition coefficient (Wildman–Crippen LogP) is 2.42. The van der Waals surface area contributed by atoms with Crippen LogP contribution in [-0.4, -0.2) is 25.5 Å². The second-order valence-electron chi connectivity index (χ2n) is 5.73. The van der Waals surface area contributed by atoms with Gasteiger partial charge in [-0.05, 0) is 30.2 Å². The van der Waals surface area contributed by atoms with Gasteiger partial charge in [-0.2, -0.15) is 0 Å². The molecule has 0 aliphatic rings. The minimum absolute atomic E-state index is 0.0245. The highest BCUT2D eigenvalue weighted by Crippen LogP contribution is 2.17. The van der Waals surface area contributed by atoms with E-state index < -0.39 is 14.8 Å². The van der Waals surface area contributed by atoms with Crippen molar-refractivity contribution in [1.29, 1.82) is 0 Å². The Bertz CT molecular complexity index is 874. The Morgan fingerprint density at radius 3 is 2.16 bits per heavy atom. The zero-order valence-corrected chi connectivity index (χ0v) is 14.6. The van der Waals surface area contributed by atoms with Gasteiger partial charge in [0.2, 0.25) is 5.91 Å². The van der Waals surface area contributed by atoms with Gasteiger partial charge in [-0.15, -0.1) is 0 Å². The van der Waals surface area contributed by atoms with Crippen LogP contribution in [0, 0.1) is 10.1 Å². The summed E-state index contributed by atoms with van der Waals surface area (Å²) < 4.78 is 22.9. The number of rotatable bonds is 6. The van der Waals surface area contributed by atoms with Crippen LogP contribution in [0.3, 0.4) is 0 Å². The summed E-state index contributed by atoms with van der Waals surface area (Å²) in [7, 11) is -3.25. The van der Waals surface area contributed by atoms with Crippen LogP contribution in [0.2, 0.25) is 0 Å². The maximum Gasteiger partial charge on any atom is 0.269 e. The summed E-state index contributed by atoms with van der Waals surface area (Å²) in [6.07, 6.45) is 1.24. The van der Waals surface area contributed by atoms with Crippen molar-refractivity contribution >= 4 is 21.4 Å². The van der Waals surface area contributed by atoms with Crippen LogP contribution >= 0.6 is 0 Å². The molecule has 2 rings (SSSR count). The van der Waals surface area contributed by atoms with Crippen molar-refractivity contribution in [2.75, 3.05) is 6.26 Å². The molecule has 0 bridgehead atoms. The lowest BCUT2D eigenvalue weighted by molar-refractivity contribution is -0.384. The summed E-state index contributed by atoms with van der Waals surface area (Å²) in [5, 5.41) is 13.4. The van der Waals surface area contributed by atoms with Gasteiger partial charge in [0.15, 0.2) is 9.84 Å². The van der Waals surface area contributed by atoms with Gasteiger partial charge in [0.05, 0.1) is 22.3 Å². The van der Waals surface area contributed by atoms with Gasteiger partial charge in [-0.25, -0.2) is 8.42 Å². The second-order valence-corrected chi connectivity index (χ2v) is 7.75. The van der Waals surface area contributed by atoms with Crippen molar-refractivity contribution in [3.63, 3.8) is 0 Å². The number of nitrogens with zero attached hydrogens (tertiary/aromatic N) is 1. The van der Waals surface area contributed by atoms with E-state index in [0.717, 1.165) is 11.8 Å². The van der Waals surface area contributed by atoms with Crippen molar-refractivity contribution in [3.8, 4) is 0 Å². The third-order valence-corrected chi connectivity index (χ3v) is 4.83. The lowest BCUT2D eigenvalue weighted by atomic mass is 10.1. The van der Waals surface area contributed by atoms with Crippen molar-refractivity contribution in [1.82, 2.24) is 5.32 Å². The average molecular weight is 362 g/mol. The molecule has 0 radical (unpaired) electrons. The first-order valence-electron chi connectivity index (χ1n) is 7.49. The molecule has 7 nitrogen and oxygen atoms in total. The summed E-state index contributed by atoms with van der Waals surface area (Å²) in [6.45, 7) is 1.79. The Kier molecular flexibility index (Phi) is 5.53. The zero-order valence-electron chi connectivity index (χ0n) is 13.8. The number of hydrogen-bond acceptors (Lipinski definition) is 5. The molecule has 0 aliphatic carbocycles. The first-order chi connectivity index (χ1) is 11.7. The van der Waals surface area contributed by atoms with Crippen molar-refractivity contribution in [2.24, 2.45) is 0 Å². The van der Waals surface area contributed by atoms with Crippen molar-refractivity contribution in [2.45, 2.75) is 24.3 Å². The number of nitro benzene ring substituents is 1. The Balaban J connectivity index is 1.98. The molecule has 0 heterocycles. The van der Waals surface area contributed by atoms with E-state index in [2.05, 4.69) is 5.32 Å². The number of hydrogen-bond donors (Lipinski definition) is 1.